The van der Waals surface area contributed by atoms with Gasteiger partial charge in [0, 0.05) is 28.5 Å². The van der Waals surface area contributed by atoms with Gasteiger partial charge in [-0.1, -0.05) is 11.6 Å². The predicted molar refractivity (Wildman–Crippen MR) is 76.7 cm³/mol. The first-order valence-corrected chi connectivity index (χ1v) is 6.21. The van der Waals surface area contributed by atoms with Gasteiger partial charge in [-0.05, 0) is 31.2 Å². The summed E-state index contributed by atoms with van der Waals surface area (Å²) in [4.78, 5) is 0. The zero-order valence-corrected chi connectivity index (χ0v) is 11.2. The molecular weight excluding hydrogens is 267 g/mol. The third-order valence-corrected chi connectivity index (χ3v) is 2.69. The van der Waals surface area contributed by atoms with Gasteiger partial charge in [-0.3, -0.25) is 0 Å². The zero-order valence-electron chi connectivity index (χ0n) is 10.4. The maximum absolute atomic E-state index is 13.7. The summed E-state index contributed by atoms with van der Waals surface area (Å²) in [7, 11) is 0. The number of nitrogens with one attached hydrogen (secondary N) is 1. The molecule has 0 atom stereocenters. The van der Waals surface area contributed by atoms with Gasteiger partial charge in [0.05, 0.1) is 12.3 Å². The number of benzene rings is 2. The molecule has 0 amide bonds. The van der Waals surface area contributed by atoms with Crippen molar-refractivity contribution in [2.24, 2.45) is 0 Å². The lowest BCUT2D eigenvalue weighted by Crippen LogP contribution is -1.98. The molecule has 0 spiro atoms. The van der Waals surface area contributed by atoms with Crippen molar-refractivity contribution in [2.75, 3.05) is 17.7 Å². The first-order chi connectivity index (χ1) is 9.08. The number of ether oxygens (including phenoxy) is 1. The van der Waals surface area contributed by atoms with Crippen LogP contribution in [0.25, 0.3) is 0 Å². The van der Waals surface area contributed by atoms with E-state index in [4.69, 9.17) is 22.1 Å². The highest BCUT2D eigenvalue weighted by molar-refractivity contribution is 6.30. The molecule has 100 valence electrons. The van der Waals surface area contributed by atoms with E-state index in [1.807, 2.05) is 6.92 Å². The number of anilines is 3. The molecule has 0 fully saturated rings. The van der Waals surface area contributed by atoms with Gasteiger partial charge in [-0.15, -0.1) is 0 Å². The van der Waals surface area contributed by atoms with E-state index in [1.165, 1.54) is 6.07 Å². The second-order valence-electron chi connectivity index (χ2n) is 3.97. The van der Waals surface area contributed by atoms with Crippen molar-refractivity contribution in [2.45, 2.75) is 6.92 Å². The number of hydrogen-bond donors (Lipinski definition) is 2. The van der Waals surface area contributed by atoms with E-state index in [-0.39, 0.29) is 0 Å². The van der Waals surface area contributed by atoms with Crippen molar-refractivity contribution in [3.05, 3.63) is 47.2 Å². The third kappa shape index (κ3) is 3.51. The van der Waals surface area contributed by atoms with Gasteiger partial charge in [0.2, 0.25) is 0 Å². The molecule has 0 heterocycles. The van der Waals surface area contributed by atoms with Crippen molar-refractivity contribution in [1.29, 1.82) is 0 Å². The summed E-state index contributed by atoms with van der Waals surface area (Å²) in [6.45, 7) is 2.42. The average Bonchev–Trinajstić information content (AvgIpc) is 2.32. The number of nitrogens with two attached hydrogens (primary N) is 1. The first-order valence-electron chi connectivity index (χ1n) is 5.84. The highest BCUT2D eigenvalue weighted by Crippen LogP contribution is 2.27. The van der Waals surface area contributed by atoms with E-state index in [0.29, 0.717) is 34.4 Å². The second-order valence-corrected chi connectivity index (χ2v) is 4.41. The van der Waals surface area contributed by atoms with Gasteiger partial charge in [-0.25, -0.2) is 4.39 Å². The molecule has 0 bridgehead atoms. The highest BCUT2D eigenvalue weighted by Gasteiger charge is 2.05. The molecule has 5 heteroatoms. The quantitative estimate of drug-likeness (QED) is 0.825. The van der Waals surface area contributed by atoms with E-state index in [1.54, 1.807) is 30.3 Å². The van der Waals surface area contributed by atoms with Crippen LogP contribution in [-0.4, -0.2) is 6.61 Å². The van der Waals surface area contributed by atoms with Gasteiger partial charge in [0.15, 0.2) is 0 Å². The molecule has 19 heavy (non-hydrogen) atoms. The molecule has 0 aromatic heterocycles. The standard InChI is InChI=1S/C14H14ClFN2O/c1-2-19-12-7-10(17)6-11(8-12)18-14-4-3-9(15)5-13(14)16/h3-8,18H,2,17H2,1H3. The molecule has 2 aromatic carbocycles. The maximum atomic E-state index is 13.7. The molecule has 3 N–H and O–H groups in total. The van der Waals surface area contributed by atoms with Crippen LogP contribution in [0, 0.1) is 5.82 Å². The van der Waals surface area contributed by atoms with Gasteiger partial charge >= 0.3 is 0 Å². The van der Waals surface area contributed by atoms with Gasteiger partial charge in [0.1, 0.15) is 11.6 Å². The van der Waals surface area contributed by atoms with Crippen molar-refractivity contribution in [3.8, 4) is 5.75 Å². The molecule has 0 aliphatic carbocycles. The molecule has 0 saturated heterocycles. The number of nitrogen functional groups attached to an aromatic ring is 1. The molecule has 0 unspecified atom stereocenters. The number of hydrogen-bond acceptors (Lipinski definition) is 3. The minimum absolute atomic E-state index is 0.331. The Hall–Kier alpha value is -1.94. The van der Waals surface area contributed by atoms with Crippen LogP contribution in [0.5, 0.6) is 5.75 Å². The first kappa shape index (κ1) is 13.5. The summed E-state index contributed by atoms with van der Waals surface area (Å²) in [6, 6.07) is 9.61. The fourth-order valence-electron chi connectivity index (χ4n) is 1.69. The fourth-order valence-corrected chi connectivity index (χ4v) is 1.85. The SMILES string of the molecule is CCOc1cc(N)cc(Nc2ccc(Cl)cc2F)c1. The Kier molecular flexibility index (Phi) is 4.12. The molecule has 0 aliphatic heterocycles. The smallest absolute Gasteiger partial charge is 0.148 e. The summed E-state index contributed by atoms with van der Waals surface area (Å²) in [6.07, 6.45) is 0. The lowest BCUT2D eigenvalue weighted by atomic mass is 10.2. The Morgan fingerprint density at radius 2 is 2.05 bits per heavy atom. The van der Waals surface area contributed by atoms with Crippen LogP contribution in [0.15, 0.2) is 36.4 Å². The minimum Gasteiger partial charge on any atom is -0.494 e. The second kappa shape index (κ2) is 5.80. The van der Waals surface area contributed by atoms with Crippen LogP contribution in [0.4, 0.5) is 21.5 Å². The maximum Gasteiger partial charge on any atom is 0.148 e. The monoisotopic (exact) mass is 280 g/mol. The summed E-state index contributed by atoms with van der Waals surface area (Å²) in [5.74, 6) is 0.215. The molecule has 2 rings (SSSR count). The van der Waals surface area contributed by atoms with E-state index in [9.17, 15) is 4.39 Å². The average molecular weight is 281 g/mol. The molecule has 0 aliphatic rings. The van der Waals surface area contributed by atoms with E-state index < -0.39 is 5.82 Å². The Bertz CT molecular complexity index is 590. The van der Waals surface area contributed by atoms with Gasteiger partial charge in [-0.2, -0.15) is 0 Å². The third-order valence-electron chi connectivity index (χ3n) is 2.45. The van der Waals surface area contributed by atoms with Crippen molar-refractivity contribution in [1.82, 2.24) is 0 Å². The topological polar surface area (TPSA) is 47.3 Å². The predicted octanol–water partition coefficient (Wildman–Crippen LogP) is 4.20. The summed E-state index contributed by atoms with van der Waals surface area (Å²) >= 11 is 5.70. The Labute approximate surface area is 116 Å². The lowest BCUT2D eigenvalue weighted by molar-refractivity contribution is 0.340. The number of halogens is 2. The Morgan fingerprint density at radius 3 is 2.74 bits per heavy atom. The van der Waals surface area contributed by atoms with Gasteiger partial charge in [0.25, 0.3) is 0 Å². The normalized spacial score (nSPS) is 10.3. The van der Waals surface area contributed by atoms with Crippen molar-refractivity contribution in [3.63, 3.8) is 0 Å². The van der Waals surface area contributed by atoms with E-state index in [0.717, 1.165) is 0 Å². The summed E-state index contributed by atoms with van der Waals surface area (Å²) < 4.78 is 19.1. The van der Waals surface area contributed by atoms with Crippen LogP contribution < -0.4 is 15.8 Å². The van der Waals surface area contributed by atoms with Crippen LogP contribution in [0.1, 0.15) is 6.92 Å². The van der Waals surface area contributed by atoms with Crippen LogP contribution in [-0.2, 0) is 0 Å². The molecule has 0 radical (unpaired) electrons. The molecular formula is C14H14ClFN2O. The summed E-state index contributed by atoms with van der Waals surface area (Å²) in [5, 5.41) is 3.30. The highest BCUT2D eigenvalue weighted by atomic mass is 35.5. The molecule has 0 saturated carbocycles. The molecule has 2 aromatic rings. The largest absolute Gasteiger partial charge is 0.494 e. The molecule has 3 nitrogen and oxygen atoms in total. The van der Waals surface area contributed by atoms with Crippen molar-refractivity contribution < 1.29 is 9.13 Å². The van der Waals surface area contributed by atoms with Crippen molar-refractivity contribution >= 4 is 28.7 Å². The Balaban J connectivity index is 2.27. The Morgan fingerprint density at radius 1 is 1.26 bits per heavy atom. The number of rotatable bonds is 4. The van der Waals surface area contributed by atoms with Crippen LogP contribution in [0.3, 0.4) is 0 Å². The van der Waals surface area contributed by atoms with E-state index in [2.05, 4.69) is 5.32 Å². The minimum atomic E-state index is -0.423. The zero-order chi connectivity index (χ0) is 13.8. The van der Waals surface area contributed by atoms with Crippen LogP contribution >= 0.6 is 11.6 Å². The van der Waals surface area contributed by atoms with Gasteiger partial charge < -0.3 is 15.8 Å². The lowest BCUT2D eigenvalue weighted by Gasteiger charge is -2.11. The summed E-state index contributed by atoms with van der Waals surface area (Å²) in [5.41, 5.74) is 7.30. The van der Waals surface area contributed by atoms with Crippen LogP contribution in [0.2, 0.25) is 5.02 Å². The van der Waals surface area contributed by atoms with E-state index >= 15 is 0 Å². The fraction of sp³-hybridized carbons (Fsp3) is 0.143.